The molecule has 19 heteroatoms. The van der Waals surface area contributed by atoms with Gasteiger partial charge in [0.1, 0.15) is 45.0 Å². The molecule has 0 spiro atoms. The lowest BCUT2D eigenvalue weighted by atomic mass is 10.1. The van der Waals surface area contributed by atoms with Crippen LogP contribution in [0.4, 0.5) is 24.3 Å². The fourth-order valence-corrected chi connectivity index (χ4v) is 8.68. The molecule has 0 aliphatic rings. The number of ether oxygens (including phenoxy) is 2. The molecule has 0 fully saturated rings. The molecule has 9 aromatic heterocycles. The molecular weight excluding hydrogens is 909 g/mol. The molecule has 1 N–H and O–H groups in total. The largest absolute Gasteiger partial charge is 0.463 e. The van der Waals surface area contributed by atoms with Crippen LogP contribution in [0.5, 0.6) is 0 Å². The zero-order valence-electron chi connectivity index (χ0n) is 38.0. The standard InChI is InChI=1S/C35H30FN5O7.C16H7FN2O3/c1-34(2,3)47-32(43)41(33(44)48-35(4,5)6)31-38-22-12-8-7-10-19(22)23(39-31)17-40-24-16-21(36)18-13-15-45-28(18)26(24)25-20-11-9-14-37-29(20)46-30(42)27(25)40;17-9-6-10-12(14-7(9)3-5-21-14)11-8-2-1-4-18-15(8)22-16(20)13(11)19-10/h7-16H,17H2,1-6H3;1-6,19H. The number of nitrogens with zero attached hydrogens (tertiary/aromatic N) is 6. The molecule has 12 rings (SSSR count). The van der Waals surface area contributed by atoms with Crippen molar-refractivity contribution >= 4 is 117 Å². The smallest absolute Gasteiger partial charge is 0.427 e. The first-order valence-electron chi connectivity index (χ1n) is 21.7. The summed E-state index contributed by atoms with van der Waals surface area (Å²) in [4.78, 5) is 74.0. The number of hydrogen-bond donors (Lipinski definition) is 1. The van der Waals surface area contributed by atoms with Gasteiger partial charge in [-0.25, -0.2) is 47.9 Å². The summed E-state index contributed by atoms with van der Waals surface area (Å²) in [5, 5.41) is 4.60. The molecule has 350 valence electrons. The van der Waals surface area contributed by atoms with Gasteiger partial charge in [-0.15, -0.1) is 4.90 Å². The SMILES string of the molecule is CC(C)(C)OC(=O)N(C(=O)OC(C)(C)C)c1nc(Cn2c3cc(F)c4ccoc4c3c3c4cccnc4oc(=O)c32)c2ccccc2n1.O=c1oc2ncccc2c2c1[nH]c1cc(F)c3ccoc3c12. The van der Waals surface area contributed by atoms with Gasteiger partial charge in [0, 0.05) is 39.3 Å². The van der Waals surface area contributed by atoms with Gasteiger partial charge in [-0.3, -0.25) is 0 Å². The number of halogens is 2. The van der Waals surface area contributed by atoms with E-state index in [1.54, 1.807) is 107 Å². The van der Waals surface area contributed by atoms with Crippen LogP contribution < -0.4 is 16.2 Å². The molecule has 0 unspecified atom stereocenters. The Morgan fingerprint density at radius 2 is 1.24 bits per heavy atom. The number of carbonyl (C=O) groups excluding carboxylic acids is 2. The molecule has 0 atom stereocenters. The van der Waals surface area contributed by atoms with Gasteiger partial charge in [0.2, 0.25) is 17.4 Å². The quantitative estimate of drug-likeness (QED) is 0.174. The zero-order chi connectivity index (χ0) is 49.0. The van der Waals surface area contributed by atoms with Gasteiger partial charge >= 0.3 is 23.4 Å². The summed E-state index contributed by atoms with van der Waals surface area (Å²) in [7, 11) is 0. The molecule has 0 aliphatic carbocycles. The van der Waals surface area contributed by atoms with E-state index in [1.165, 1.54) is 36.9 Å². The van der Waals surface area contributed by atoms with Gasteiger partial charge in [0.25, 0.3) is 0 Å². The highest BCUT2D eigenvalue weighted by Gasteiger charge is 2.36. The summed E-state index contributed by atoms with van der Waals surface area (Å²) in [6.45, 7) is 9.83. The summed E-state index contributed by atoms with van der Waals surface area (Å²) < 4.78 is 64.4. The van der Waals surface area contributed by atoms with Crippen LogP contribution in [0.15, 0.2) is 125 Å². The third-order valence-electron chi connectivity index (χ3n) is 11.4. The van der Waals surface area contributed by atoms with Crippen molar-refractivity contribution in [3.63, 3.8) is 0 Å². The van der Waals surface area contributed by atoms with Crippen LogP contribution >= 0.6 is 0 Å². The molecule has 12 aromatic rings. The second-order valence-corrected chi connectivity index (χ2v) is 18.3. The van der Waals surface area contributed by atoms with Crippen LogP contribution in [0.3, 0.4) is 0 Å². The molecule has 9 heterocycles. The average Bonchev–Trinajstić information content (AvgIpc) is 4.11. The van der Waals surface area contributed by atoms with E-state index >= 15 is 4.39 Å². The minimum Gasteiger partial charge on any atom is -0.463 e. The molecule has 2 amide bonds. The maximum atomic E-state index is 15.6. The number of benzene rings is 3. The Morgan fingerprint density at radius 3 is 1.89 bits per heavy atom. The number of pyridine rings is 2. The first kappa shape index (κ1) is 43.6. The van der Waals surface area contributed by atoms with Crippen molar-refractivity contribution in [2.75, 3.05) is 4.90 Å². The predicted molar refractivity (Wildman–Crippen MR) is 256 cm³/mol. The number of furan rings is 2. The Labute approximate surface area is 390 Å². The van der Waals surface area contributed by atoms with Crippen molar-refractivity contribution in [2.45, 2.75) is 59.3 Å². The van der Waals surface area contributed by atoms with Crippen molar-refractivity contribution in [2.24, 2.45) is 0 Å². The number of hydrogen-bond acceptors (Lipinski definition) is 14. The molecule has 3 aromatic carbocycles. The molecule has 0 radical (unpaired) electrons. The van der Waals surface area contributed by atoms with Crippen molar-refractivity contribution in [3.8, 4) is 0 Å². The Bertz CT molecular complexity index is 4260. The minimum atomic E-state index is -1.04. The molecule has 0 saturated carbocycles. The Balaban J connectivity index is 0.000000200. The number of imide groups is 1. The molecule has 70 heavy (non-hydrogen) atoms. The monoisotopic (exact) mass is 945 g/mol. The molecule has 0 aliphatic heterocycles. The second-order valence-electron chi connectivity index (χ2n) is 18.3. The highest BCUT2D eigenvalue weighted by molar-refractivity contribution is 6.26. The van der Waals surface area contributed by atoms with E-state index in [4.69, 9.17) is 27.1 Å². The lowest BCUT2D eigenvalue weighted by Gasteiger charge is -2.27. The maximum Gasteiger partial charge on any atom is 0.427 e. The normalized spacial score (nSPS) is 12.3. The van der Waals surface area contributed by atoms with Gasteiger partial charge < -0.3 is 36.7 Å². The molecule has 0 saturated heterocycles. The maximum absolute atomic E-state index is 15.6. The molecule has 0 bridgehead atoms. The predicted octanol–water partition coefficient (Wildman–Crippen LogP) is 11.6. The minimum absolute atomic E-state index is 0.109. The van der Waals surface area contributed by atoms with Crippen LogP contribution in [0.2, 0.25) is 0 Å². The van der Waals surface area contributed by atoms with Gasteiger partial charge in [0.15, 0.2) is 0 Å². The van der Waals surface area contributed by atoms with Gasteiger partial charge in [0.05, 0.1) is 62.9 Å². The number of anilines is 1. The summed E-state index contributed by atoms with van der Waals surface area (Å²) in [6.07, 6.45) is 3.78. The lowest BCUT2D eigenvalue weighted by molar-refractivity contribution is 0.0427. The third-order valence-corrected chi connectivity index (χ3v) is 11.4. The fourth-order valence-electron chi connectivity index (χ4n) is 8.68. The number of carbonyl (C=O) groups is 2. The summed E-state index contributed by atoms with van der Waals surface area (Å²) in [6, 6.07) is 19.8. The summed E-state index contributed by atoms with van der Waals surface area (Å²) in [5.74, 6) is -1.28. The van der Waals surface area contributed by atoms with E-state index < -0.39 is 46.3 Å². The number of nitrogens with one attached hydrogen (secondary N) is 1. The van der Waals surface area contributed by atoms with Crippen molar-refractivity contribution < 1.29 is 45.5 Å². The van der Waals surface area contributed by atoms with Crippen molar-refractivity contribution in [1.29, 1.82) is 0 Å². The topological polar surface area (TPSA) is 215 Å². The third kappa shape index (κ3) is 7.20. The first-order chi connectivity index (χ1) is 33.4. The molecular formula is C51H37F2N7O10. The Kier molecular flexibility index (Phi) is 9.83. The fraction of sp³-hybridized carbons (Fsp3) is 0.176. The van der Waals surface area contributed by atoms with Crippen LogP contribution in [-0.2, 0) is 16.0 Å². The Hall–Kier alpha value is -9.00. The van der Waals surface area contributed by atoms with Gasteiger partial charge in [-0.2, -0.15) is 0 Å². The van der Waals surface area contributed by atoms with Crippen molar-refractivity contribution in [3.05, 3.63) is 136 Å². The van der Waals surface area contributed by atoms with Crippen LogP contribution in [0.1, 0.15) is 47.2 Å². The highest BCUT2D eigenvalue weighted by atomic mass is 19.1. The van der Waals surface area contributed by atoms with Crippen LogP contribution in [0, 0.1) is 11.6 Å². The lowest BCUT2D eigenvalue weighted by Crippen LogP contribution is -2.44. The van der Waals surface area contributed by atoms with Gasteiger partial charge in [-0.05, 0) is 96.1 Å². The number of fused-ring (bicyclic) bond motifs is 15. The number of H-pyrrole nitrogens is 1. The van der Waals surface area contributed by atoms with Crippen LogP contribution in [0.25, 0.3) is 98.7 Å². The van der Waals surface area contributed by atoms with E-state index in [1.807, 2.05) is 0 Å². The van der Waals surface area contributed by atoms with Crippen LogP contribution in [-0.4, -0.2) is 52.9 Å². The highest BCUT2D eigenvalue weighted by Crippen LogP contribution is 2.40. The second kappa shape index (κ2) is 15.8. The number of para-hydroxylation sites is 1. The summed E-state index contributed by atoms with van der Waals surface area (Å²) in [5.41, 5.74) is -0.291. The number of aromatic amines is 1. The Morgan fingerprint density at radius 1 is 0.671 bits per heavy atom. The van der Waals surface area contributed by atoms with E-state index in [0.29, 0.717) is 75.8 Å². The number of rotatable bonds is 3. The summed E-state index contributed by atoms with van der Waals surface area (Å²) >= 11 is 0. The van der Waals surface area contributed by atoms with E-state index in [2.05, 4.69) is 24.9 Å². The number of aromatic nitrogens is 6. The zero-order valence-corrected chi connectivity index (χ0v) is 38.0. The van der Waals surface area contributed by atoms with Crippen molar-refractivity contribution in [1.82, 2.24) is 29.5 Å². The van der Waals surface area contributed by atoms with Gasteiger partial charge in [-0.1, -0.05) is 18.2 Å². The first-order valence-corrected chi connectivity index (χ1v) is 21.7. The van der Waals surface area contributed by atoms with E-state index in [-0.39, 0.29) is 45.9 Å². The number of amides is 2. The van der Waals surface area contributed by atoms with E-state index in [9.17, 15) is 23.6 Å². The van der Waals surface area contributed by atoms with E-state index in [0.717, 1.165) is 0 Å². The average molecular weight is 946 g/mol. The molecule has 17 nitrogen and oxygen atoms in total.